The monoisotopic (exact) mass is 456 g/mol. The predicted octanol–water partition coefficient (Wildman–Crippen LogP) is 1.83. The first kappa shape index (κ1) is 22.1. The van der Waals surface area contributed by atoms with Gasteiger partial charge in [-0.05, 0) is 37.3 Å². The van der Waals surface area contributed by atoms with E-state index in [0.29, 0.717) is 12.5 Å². The summed E-state index contributed by atoms with van der Waals surface area (Å²) >= 11 is 0. The van der Waals surface area contributed by atoms with E-state index in [0.717, 1.165) is 29.5 Å². The molecule has 2 aliphatic rings. The minimum Gasteiger partial charge on any atom is -0.452 e. The van der Waals surface area contributed by atoms with Crippen LogP contribution in [0.3, 0.4) is 0 Å². The van der Waals surface area contributed by atoms with Gasteiger partial charge in [-0.1, -0.05) is 6.07 Å². The summed E-state index contributed by atoms with van der Waals surface area (Å²) in [5.74, 6) is 0.284. The highest BCUT2D eigenvalue weighted by atomic mass is 19.4. The Morgan fingerprint density at radius 2 is 1.94 bits per heavy atom. The standard InChI is InChI=1S/C20H23F3N4O5/c1-25-16-15(17(29)26(19(25)30)8-3-9-28)27(11-12-6-7-12)18(24-16)31-13-4-2-5-14(10-13)32-20(21,22)23/h2,4-5,10,12,18,24,28H,3,6-9,11H2,1H3. The van der Waals surface area contributed by atoms with Crippen molar-refractivity contribution in [2.75, 3.05) is 23.4 Å². The number of benzene rings is 1. The van der Waals surface area contributed by atoms with E-state index >= 15 is 0 Å². The highest BCUT2D eigenvalue weighted by Gasteiger charge is 2.39. The molecule has 1 unspecified atom stereocenters. The van der Waals surface area contributed by atoms with Gasteiger partial charge in [-0.2, -0.15) is 0 Å². The Balaban J connectivity index is 1.67. The number of hydrogen-bond acceptors (Lipinski definition) is 7. The molecule has 0 radical (unpaired) electrons. The number of aliphatic hydroxyl groups excluding tert-OH is 1. The van der Waals surface area contributed by atoms with Gasteiger partial charge in [0, 0.05) is 32.8 Å². The van der Waals surface area contributed by atoms with Crippen molar-refractivity contribution in [3.05, 3.63) is 45.1 Å². The molecule has 1 atom stereocenters. The fourth-order valence-electron chi connectivity index (χ4n) is 3.65. The first-order valence-electron chi connectivity index (χ1n) is 10.2. The molecule has 12 heteroatoms. The topological polar surface area (TPSA) is 98.0 Å². The normalized spacial score (nSPS) is 17.8. The third kappa shape index (κ3) is 4.54. The molecule has 1 aliphatic carbocycles. The second-order valence-electron chi connectivity index (χ2n) is 7.81. The summed E-state index contributed by atoms with van der Waals surface area (Å²) in [7, 11) is 1.51. The van der Waals surface area contributed by atoms with Crippen LogP contribution in [0.4, 0.5) is 24.7 Å². The van der Waals surface area contributed by atoms with Gasteiger partial charge in [-0.15, -0.1) is 13.2 Å². The van der Waals surface area contributed by atoms with Crippen molar-refractivity contribution in [1.82, 2.24) is 9.13 Å². The van der Waals surface area contributed by atoms with E-state index in [1.807, 2.05) is 0 Å². The van der Waals surface area contributed by atoms with E-state index in [1.165, 1.54) is 23.7 Å². The Kier molecular flexibility index (Phi) is 5.80. The second kappa shape index (κ2) is 8.41. The van der Waals surface area contributed by atoms with E-state index in [9.17, 15) is 22.8 Å². The summed E-state index contributed by atoms with van der Waals surface area (Å²) in [6.45, 7) is 0.380. The molecule has 32 heavy (non-hydrogen) atoms. The van der Waals surface area contributed by atoms with Crippen molar-refractivity contribution in [1.29, 1.82) is 0 Å². The highest BCUT2D eigenvalue weighted by Crippen LogP contribution is 2.37. The van der Waals surface area contributed by atoms with E-state index < -0.39 is 29.7 Å². The summed E-state index contributed by atoms with van der Waals surface area (Å²) in [6, 6.07) is 5.10. The van der Waals surface area contributed by atoms with E-state index in [4.69, 9.17) is 9.84 Å². The average molecular weight is 456 g/mol. The summed E-state index contributed by atoms with van der Waals surface area (Å²) in [5.41, 5.74) is -0.795. The Morgan fingerprint density at radius 1 is 1.22 bits per heavy atom. The molecule has 174 valence electrons. The molecule has 0 amide bonds. The number of aliphatic hydroxyl groups is 1. The number of hydrogen-bond donors (Lipinski definition) is 2. The summed E-state index contributed by atoms with van der Waals surface area (Å²) in [6.07, 6.45) is -3.53. The zero-order valence-corrected chi connectivity index (χ0v) is 17.3. The molecule has 9 nitrogen and oxygen atoms in total. The van der Waals surface area contributed by atoms with Crippen LogP contribution < -0.4 is 30.9 Å². The predicted molar refractivity (Wildman–Crippen MR) is 109 cm³/mol. The number of alkyl halides is 3. The molecule has 2 aromatic rings. The zero-order valence-electron chi connectivity index (χ0n) is 17.3. The summed E-state index contributed by atoms with van der Waals surface area (Å²) in [4.78, 5) is 27.5. The van der Waals surface area contributed by atoms with Crippen LogP contribution in [0.1, 0.15) is 19.3 Å². The van der Waals surface area contributed by atoms with E-state index in [1.54, 1.807) is 4.90 Å². The molecule has 1 aliphatic heterocycles. The third-order valence-corrected chi connectivity index (χ3v) is 5.33. The lowest BCUT2D eigenvalue weighted by atomic mass is 10.3. The van der Waals surface area contributed by atoms with Gasteiger partial charge < -0.3 is 24.8 Å². The molecule has 0 saturated heterocycles. The van der Waals surface area contributed by atoms with Gasteiger partial charge in [0.05, 0.1) is 0 Å². The van der Waals surface area contributed by atoms with Crippen LogP contribution in [0.5, 0.6) is 11.5 Å². The quantitative estimate of drug-likeness (QED) is 0.626. The molecular weight excluding hydrogens is 433 g/mol. The summed E-state index contributed by atoms with van der Waals surface area (Å²) < 4.78 is 49.9. The van der Waals surface area contributed by atoms with Crippen molar-refractivity contribution < 1.29 is 27.8 Å². The molecule has 0 bridgehead atoms. The number of aromatic nitrogens is 2. The highest BCUT2D eigenvalue weighted by molar-refractivity contribution is 5.71. The van der Waals surface area contributed by atoms with Gasteiger partial charge in [-0.25, -0.2) is 4.79 Å². The SMILES string of the molecule is Cn1c2c(c(=O)n(CCCO)c1=O)N(CC1CC1)C(Oc1cccc(OC(F)(F)F)c1)N2. The lowest BCUT2D eigenvalue weighted by Crippen LogP contribution is -2.44. The van der Waals surface area contributed by atoms with Crippen molar-refractivity contribution in [2.45, 2.75) is 38.5 Å². The Labute approximate surface area is 180 Å². The zero-order chi connectivity index (χ0) is 23.0. The van der Waals surface area contributed by atoms with Crippen LogP contribution in [-0.4, -0.2) is 40.1 Å². The van der Waals surface area contributed by atoms with Crippen LogP contribution in [0, 0.1) is 5.92 Å². The Hall–Kier alpha value is -3.15. The lowest BCUT2D eigenvalue weighted by Gasteiger charge is -2.26. The molecule has 1 aromatic heterocycles. The maximum atomic E-state index is 13.1. The third-order valence-electron chi connectivity index (χ3n) is 5.33. The van der Waals surface area contributed by atoms with E-state index in [-0.39, 0.29) is 36.8 Å². The van der Waals surface area contributed by atoms with E-state index in [2.05, 4.69) is 10.1 Å². The number of rotatable bonds is 8. The van der Waals surface area contributed by atoms with Gasteiger partial charge in [-0.3, -0.25) is 13.9 Å². The van der Waals surface area contributed by atoms with Gasteiger partial charge in [0.2, 0.25) is 0 Å². The van der Waals surface area contributed by atoms with Crippen molar-refractivity contribution in [3.8, 4) is 11.5 Å². The average Bonchev–Trinajstić information content (AvgIpc) is 3.46. The number of fused-ring (bicyclic) bond motifs is 1. The molecule has 1 aromatic carbocycles. The molecule has 0 spiro atoms. The molecule has 1 fully saturated rings. The Morgan fingerprint density at radius 3 is 2.59 bits per heavy atom. The number of nitrogens with zero attached hydrogens (tertiary/aromatic N) is 3. The van der Waals surface area contributed by atoms with Crippen LogP contribution in [0.15, 0.2) is 33.9 Å². The largest absolute Gasteiger partial charge is 0.573 e. The van der Waals surface area contributed by atoms with Crippen LogP contribution in [-0.2, 0) is 13.6 Å². The maximum absolute atomic E-state index is 13.1. The smallest absolute Gasteiger partial charge is 0.452 e. The molecular formula is C20H23F3N4O5. The molecule has 2 heterocycles. The first-order chi connectivity index (χ1) is 15.2. The van der Waals surface area contributed by atoms with Crippen molar-refractivity contribution >= 4 is 11.5 Å². The number of halogens is 3. The van der Waals surface area contributed by atoms with Crippen LogP contribution in [0.2, 0.25) is 0 Å². The van der Waals surface area contributed by atoms with Gasteiger partial charge >= 0.3 is 12.1 Å². The van der Waals surface area contributed by atoms with Crippen LogP contribution in [0.25, 0.3) is 0 Å². The summed E-state index contributed by atoms with van der Waals surface area (Å²) in [5, 5.41) is 12.1. The maximum Gasteiger partial charge on any atom is 0.573 e. The molecule has 1 saturated carbocycles. The number of nitrogens with one attached hydrogen (secondary N) is 1. The molecule has 4 rings (SSSR count). The fourth-order valence-corrected chi connectivity index (χ4v) is 3.65. The fraction of sp³-hybridized carbons (Fsp3) is 0.500. The van der Waals surface area contributed by atoms with Crippen molar-refractivity contribution in [2.24, 2.45) is 13.0 Å². The minimum absolute atomic E-state index is 0.0644. The van der Waals surface area contributed by atoms with Gasteiger partial charge in [0.1, 0.15) is 23.0 Å². The number of anilines is 2. The minimum atomic E-state index is -4.84. The van der Waals surface area contributed by atoms with Gasteiger partial charge in [0.15, 0.2) is 0 Å². The second-order valence-corrected chi connectivity index (χ2v) is 7.81. The first-order valence-corrected chi connectivity index (χ1v) is 10.2. The Bertz CT molecular complexity index is 1110. The van der Waals surface area contributed by atoms with Gasteiger partial charge in [0.25, 0.3) is 11.9 Å². The lowest BCUT2D eigenvalue weighted by molar-refractivity contribution is -0.274. The number of ether oxygens (including phenoxy) is 2. The van der Waals surface area contributed by atoms with Crippen molar-refractivity contribution in [3.63, 3.8) is 0 Å². The molecule has 2 N–H and O–H groups in total. The van der Waals surface area contributed by atoms with Crippen LogP contribution >= 0.6 is 0 Å².